The van der Waals surface area contributed by atoms with Crippen molar-refractivity contribution in [3.8, 4) is 0 Å². The number of hydrogen-bond donors (Lipinski definition) is 1. The maximum absolute atomic E-state index is 12.2. The summed E-state index contributed by atoms with van der Waals surface area (Å²) < 4.78 is 23.0. The van der Waals surface area contributed by atoms with Gasteiger partial charge in [-0.05, 0) is 43.5 Å². The Bertz CT molecular complexity index is 681. The van der Waals surface area contributed by atoms with E-state index in [0.717, 1.165) is 25.2 Å². The number of likely N-dealkylation sites (tertiary alicyclic amines) is 1. The molecular formula is C18H26N2O3S. The van der Waals surface area contributed by atoms with E-state index >= 15 is 0 Å². The van der Waals surface area contributed by atoms with Crippen LogP contribution in [-0.4, -0.2) is 43.8 Å². The highest BCUT2D eigenvalue weighted by Gasteiger charge is 2.32. The lowest BCUT2D eigenvalue weighted by Gasteiger charge is -2.27. The molecule has 1 aromatic rings. The fourth-order valence-electron chi connectivity index (χ4n) is 3.57. The average Bonchev–Trinajstić information content (AvgIpc) is 2.95. The molecule has 1 N–H and O–H groups in total. The molecule has 2 saturated heterocycles. The summed E-state index contributed by atoms with van der Waals surface area (Å²) in [7, 11) is -3.02. The Morgan fingerprint density at radius 1 is 1.12 bits per heavy atom. The zero-order valence-corrected chi connectivity index (χ0v) is 14.9. The Labute approximate surface area is 144 Å². The minimum absolute atomic E-state index is 0.00570. The highest BCUT2D eigenvalue weighted by atomic mass is 32.2. The van der Waals surface area contributed by atoms with Crippen LogP contribution in [0.25, 0.3) is 0 Å². The first-order valence-electron chi connectivity index (χ1n) is 8.81. The normalized spacial score (nSPS) is 23.9. The van der Waals surface area contributed by atoms with Gasteiger partial charge >= 0.3 is 0 Å². The fourth-order valence-corrected chi connectivity index (χ4v) is 5.31. The van der Waals surface area contributed by atoms with Crippen molar-refractivity contribution in [3.63, 3.8) is 0 Å². The van der Waals surface area contributed by atoms with Crippen LogP contribution in [-0.2, 0) is 27.7 Å². The highest BCUT2D eigenvalue weighted by molar-refractivity contribution is 7.91. The first kappa shape index (κ1) is 17.4. The van der Waals surface area contributed by atoms with Crippen molar-refractivity contribution in [2.45, 2.75) is 38.8 Å². The molecule has 0 aliphatic carbocycles. The van der Waals surface area contributed by atoms with Gasteiger partial charge in [-0.15, -0.1) is 0 Å². The van der Waals surface area contributed by atoms with Crippen LogP contribution in [0.5, 0.6) is 0 Å². The van der Waals surface area contributed by atoms with Crippen LogP contribution in [0.15, 0.2) is 24.3 Å². The first-order valence-corrected chi connectivity index (χ1v) is 10.6. The van der Waals surface area contributed by atoms with Crippen molar-refractivity contribution >= 4 is 15.7 Å². The largest absolute Gasteiger partial charge is 0.352 e. The van der Waals surface area contributed by atoms with E-state index < -0.39 is 9.84 Å². The molecule has 0 aromatic heterocycles. The summed E-state index contributed by atoms with van der Waals surface area (Å²) in [4.78, 5) is 14.7. The van der Waals surface area contributed by atoms with Crippen LogP contribution in [0.1, 0.15) is 36.8 Å². The lowest BCUT2D eigenvalue weighted by molar-refractivity contribution is -0.124. The number of sulfone groups is 1. The molecule has 1 aromatic carbocycles. The summed E-state index contributed by atoms with van der Waals surface area (Å²) >= 11 is 0. The van der Waals surface area contributed by atoms with Crippen molar-refractivity contribution in [2.75, 3.05) is 24.6 Å². The number of amides is 1. The van der Waals surface area contributed by atoms with E-state index in [2.05, 4.69) is 16.3 Å². The van der Waals surface area contributed by atoms with Gasteiger partial charge in [0.05, 0.1) is 17.4 Å². The molecule has 0 radical (unpaired) electrons. The van der Waals surface area contributed by atoms with E-state index in [1.807, 2.05) is 18.2 Å². The number of carbonyl (C=O) groups excluding carboxylic acids is 1. The zero-order chi connectivity index (χ0) is 17.0. The summed E-state index contributed by atoms with van der Waals surface area (Å²) in [5.74, 6) is -0.390. The van der Waals surface area contributed by atoms with Gasteiger partial charge in [-0.25, -0.2) is 8.42 Å². The lowest BCUT2D eigenvalue weighted by Crippen LogP contribution is -2.32. The van der Waals surface area contributed by atoms with Gasteiger partial charge in [-0.1, -0.05) is 30.7 Å². The minimum atomic E-state index is -3.02. The van der Waals surface area contributed by atoms with E-state index in [0.29, 0.717) is 13.0 Å². The third-order valence-electron chi connectivity index (χ3n) is 5.02. The third kappa shape index (κ3) is 4.57. The zero-order valence-electron chi connectivity index (χ0n) is 14.0. The molecular weight excluding hydrogens is 324 g/mol. The second-order valence-corrected chi connectivity index (χ2v) is 9.15. The van der Waals surface area contributed by atoms with Crippen LogP contribution < -0.4 is 5.32 Å². The summed E-state index contributed by atoms with van der Waals surface area (Å²) in [6.07, 6.45) is 4.28. The number of hydrogen-bond acceptors (Lipinski definition) is 4. The molecule has 2 heterocycles. The highest BCUT2D eigenvalue weighted by Crippen LogP contribution is 2.19. The second-order valence-electron chi connectivity index (χ2n) is 6.92. The molecule has 6 heteroatoms. The van der Waals surface area contributed by atoms with Crippen molar-refractivity contribution in [1.29, 1.82) is 0 Å². The molecule has 1 atom stereocenters. The van der Waals surface area contributed by atoms with Gasteiger partial charge < -0.3 is 5.32 Å². The molecule has 0 spiro atoms. The van der Waals surface area contributed by atoms with Crippen LogP contribution in [0, 0.1) is 5.92 Å². The molecule has 1 amide bonds. The maximum atomic E-state index is 12.2. The number of nitrogens with zero attached hydrogens (tertiary/aromatic N) is 1. The number of nitrogens with one attached hydrogen (secondary N) is 1. The molecule has 0 saturated carbocycles. The summed E-state index contributed by atoms with van der Waals surface area (Å²) in [6, 6.07) is 8.19. The Morgan fingerprint density at radius 3 is 2.50 bits per heavy atom. The fraction of sp³-hybridized carbons (Fsp3) is 0.611. The molecule has 2 fully saturated rings. The first-order chi connectivity index (χ1) is 11.5. The van der Waals surface area contributed by atoms with E-state index in [1.165, 1.54) is 24.8 Å². The number of carbonyl (C=O) groups is 1. The SMILES string of the molecule is O=C(NCc1ccccc1CN1CCCCC1)C1CCS(=O)(=O)C1. The number of piperidine rings is 1. The average molecular weight is 350 g/mol. The monoisotopic (exact) mass is 350 g/mol. The van der Waals surface area contributed by atoms with Gasteiger partial charge in [0.1, 0.15) is 0 Å². The van der Waals surface area contributed by atoms with Gasteiger partial charge in [-0.2, -0.15) is 0 Å². The smallest absolute Gasteiger partial charge is 0.224 e. The van der Waals surface area contributed by atoms with Crippen LogP contribution >= 0.6 is 0 Å². The molecule has 132 valence electrons. The van der Waals surface area contributed by atoms with E-state index in [9.17, 15) is 13.2 Å². The van der Waals surface area contributed by atoms with Crippen LogP contribution in [0.3, 0.4) is 0 Å². The van der Waals surface area contributed by atoms with Crippen molar-refractivity contribution < 1.29 is 13.2 Å². The quantitative estimate of drug-likeness (QED) is 0.878. The molecule has 24 heavy (non-hydrogen) atoms. The predicted molar refractivity (Wildman–Crippen MR) is 94.2 cm³/mol. The van der Waals surface area contributed by atoms with Crippen molar-refractivity contribution in [2.24, 2.45) is 5.92 Å². The van der Waals surface area contributed by atoms with E-state index in [-0.39, 0.29) is 23.3 Å². The van der Waals surface area contributed by atoms with Gasteiger partial charge in [0, 0.05) is 13.1 Å². The maximum Gasteiger partial charge on any atom is 0.224 e. The Morgan fingerprint density at radius 2 is 1.83 bits per heavy atom. The van der Waals surface area contributed by atoms with Gasteiger partial charge in [-0.3, -0.25) is 9.69 Å². The lowest BCUT2D eigenvalue weighted by atomic mass is 10.0. The van der Waals surface area contributed by atoms with Crippen molar-refractivity contribution in [1.82, 2.24) is 10.2 Å². The predicted octanol–water partition coefficient (Wildman–Crippen LogP) is 1.72. The van der Waals surface area contributed by atoms with Gasteiger partial charge in [0.15, 0.2) is 9.84 Å². The molecule has 1 unspecified atom stereocenters. The number of rotatable bonds is 5. The van der Waals surface area contributed by atoms with Crippen molar-refractivity contribution in [3.05, 3.63) is 35.4 Å². The molecule has 3 rings (SSSR count). The summed E-state index contributed by atoms with van der Waals surface area (Å²) in [5.41, 5.74) is 2.37. The Balaban J connectivity index is 1.58. The third-order valence-corrected chi connectivity index (χ3v) is 6.79. The summed E-state index contributed by atoms with van der Waals surface area (Å²) in [6.45, 7) is 3.67. The molecule has 5 nitrogen and oxygen atoms in total. The van der Waals surface area contributed by atoms with Crippen LogP contribution in [0.2, 0.25) is 0 Å². The van der Waals surface area contributed by atoms with Crippen LogP contribution in [0.4, 0.5) is 0 Å². The van der Waals surface area contributed by atoms with Gasteiger partial charge in [0.2, 0.25) is 5.91 Å². The number of benzene rings is 1. The molecule has 2 aliphatic rings. The second kappa shape index (κ2) is 7.66. The molecule has 2 aliphatic heterocycles. The summed E-state index contributed by atoms with van der Waals surface area (Å²) in [5, 5.41) is 2.93. The molecule has 0 bridgehead atoms. The standard InChI is InChI=1S/C18H26N2O3S/c21-18(17-8-11-24(22,23)14-17)19-12-15-6-2-3-7-16(15)13-20-9-4-1-5-10-20/h2-3,6-7,17H,1,4-5,8-14H2,(H,19,21). The van der Waals surface area contributed by atoms with E-state index in [1.54, 1.807) is 0 Å². The topological polar surface area (TPSA) is 66.5 Å². The minimum Gasteiger partial charge on any atom is -0.352 e. The Hall–Kier alpha value is -1.40. The Kier molecular flexibility index (Phi) is 5.56. The van der Waals surface area contributed by atoms with E-state index in [4.69, 9.17) is 0 Å². The van der Waals surface area contributed by atoms with Gasteiger partial charge in [0.25, 0.3) is 0 Å².